The Balaban J connectivity index is 1.88. The number of nitrogens with zero attached hydrogens (tertiary/aromatic N) is 7. The van der Waals surface area contributed by atoms with E-state index in [2.05, 4.69) is 20.1 Å². The third-order valence-corrected chi connectivity index (χ3v) is 8.54. The summed E-state index contributed by atoms with van der Waals surface area (Å²) in [5.41, 5.74) is 1.68. The quantitative estimate of drug-likeness (QED) is 0.569. The fourth-order valence-electron chi connectivity index (χ4n) is 4.88. The summed E-state index contributed by atoms with van der Waals surface area (Å²) in [6.45, 7) is 10.3. The van der Waals surface area contributed by atoms with E-state index < -0.39 is 32.6 Å². The molecule has 4 rings (SSSR count). The van der Waals surface area contributed by atoms with Crippen LogP contribution in [0.1, 0.15) is 39.8 Å². The minimum atomic E-state index is -4.01. The van der Waals surface area contributed by atoms with Crippen LogP contribution in [0.4, 0.5) is 4.79 Å². The summed E-state index contributed by atoms with van der Waals surface area (Å²) in [7, 11) is -2.24. The van der Waals surface area contributed by atoms with Gasteiger partial charge in [-0.15, -0.1) is 0 Å². The fourth-order valence-corrected chi connectivity index (χ4v) is 7.08. The fraction of sp³-hybridized carbons (Fsp3) is 0.571. The van der Waals surface area contributed by atoms with E-state index in [1.807, 2.05) is 39.3 Å². The van der Waals surface area contributed by atoms with Crippen molar-refractivity contribution in [3.63, 3.8) is 0 Å². The number of likely N-dealkylation sites (tertiary alicyclic amines) is 1. The second kappa shape index (κ2) is 7.79. The first-order valence-corrected chi connectivity index (χ1v) is 12.4. The number of hydrogen-bond donors (Lipinski definition) is 1. The average molecular weight is 476 g/mol. The molecule has 12 heteroatoms. The summed E-state index contributed by atoms with van der Waals surface area (Å²) in [4.78, 5) is 26.1. The molecule has 1 aliphatic rings. The van der Waals surface area contributed by atoms with E-state index in [4.69, 9.17) is 0 Å². The van der Waals surface area contributed by atoms with Crippen molar-refractivity contribution in [2.24, 2.45) is 12.5 Å². The molecule has 11 nitrogen and oxygen atoms in total. The van der Waals surface area contributed by atoms with Gasteiger partial charge >= 0.3 is 6.09 Å². The van der Waals surface area contributed by atoms with Crippen molar-refractivity contribution in [2.75, 3.05) is 6.54 Å². The molecule has 3 aromatic heterocycles. The Bertz CT molecular complexity index is 1340. The predicted octanol–water partition coefficient (Wildman–Crippen LogP) is 2.50. The Morgan fingerprint density at radius 1 is 1.27 bits per heavy atom. The van der Waals surface area contributed by atoms with E-state index in [1.54, 1.807) is 17.8 Å². The SMILES string of the molecule is CCn1ncc(-c2nc3c(S(=O)(=O)C4CCN(C(=O)O)C4C(C)(C)C)ncnc3n2C)c1C. The van der Waals surface area contributed by atoms with Gasteiger partial charge in [0, 0.05) is 25.8 Å². The first kappa shape index (κ1) is 23.1. The highest BCUT2D eigenvalue weighted by molar-refractivity contribution is 7.92. The molecule has 0 aromatic carbocycles. The Morgan fingerprint density at radius 2 is 1.97 bits per heavy atom. The third kappa shape index (κ3) is 3.56. The zero-order valence-corrected chi connectivity index (χ0v) is 20.5. The summed E-state index contributed by atoms with van der Waals surface area (Å²) in [5, 5.41) is 12.9. The number of aromatic nitrogens is 6. The molecular weight excluding hydrogens is 446 g/mol. The van der Waals surface area contributed by atoms with Crippen LogP contribution in [0.2, 0.25) is 0 Å². The van der Waals surface area contributed by atoms with Gasteiger partial charge < -0.3 is 14.6 Å². The normalized spacial score (nSPS) is 19.5. The van der Waals surface area contributed by atoms with Crippen LogP contribution in [0.5, 0.6) is 0 Å². The van der Waals surface area contributed by atoms with E-state index in [0.29, 0.717) is 18.0 Å². The first-order valence-electron chi connectivity index (χ1n) is 10.8. The Labute approximate surface area is 192 Å². The van der Waals surface area contributed by atoms with E-state index in [9.17, 15) is 18.3 Å². The molecule has 0 saturated carbocycles. The maximum Gasteiger partial charge on any atom is 0.407 e. The van der Waals surface area contributed by atoms with Crippen LogP contribution in [-0.2, 0) is 23.4 Å². The van der Waals surface area contributed by atoms with Crippen molar-refractivity contribution in [3.8, 4) is 11.4 Å². The van der Waals surface area contributed by atoms with Crippen LogP contribution in [0.3, 0.4) is 0 Å². The van der Waals surface area contributed by atoms with Crippen molar-refractivity contribution in [2.45, 2.75) is 63.9 Å². The van der Waals surface area contributed by atoms with Crippen LogP contribution in [0.25, 0.3) is 22.6 Å². The zero-order chi connectivity index (χ0) is 24.3. The third-order valence-electron chi connectivity index (χ3n) is 6.41. The summed E-state index contributed by atoms with van der Waals surface area (Å²) in [6.07, 6.45) is 2.01. The Morgan fingerprint density at radius 3 is 2.55 bits per heavy atom. The molecule has 0 aliphatic carbocycles. The highest BCUT2D eigenvalue weighted by atomic mass is 32.2. The maximum atomic E-state index is 13.9. The van der Waals surface area contributed by atoms with Gasteiger partial charge in [0.1, 0.15) is 17.7 Å². The van der Waals surface area contributed by atoms with Crippen LogP contribution < -0.4 is 0 Å². The van der Waals surface area contributed by atoms with Gasteiger partial charge in [-0.1, -0.05) is 20.8 Å². The van der Waals surface area contributed by atoms with E-state index in [1.165, 1.54) is 11.2 Å². The monoisotopic (exact) mass is 475 g/mol. The number of aryl methyl sites for hydroxylation is 2. The maximum absolute atomic E-state index is 13.9. The lowest BCUT2D eigenvalue weighted by Gasteiger charge is -2.36. The van der Waals surface area contributed by atoms with Crippen molar-refractivity contribution in [1.82, 2.24) is 34.2 Å². The molecule has 4 heterocycles. The predicted molar refractivity (Wildman–Crippen MR) is 122 cm³/mol. The lowest BCUT2D eigenvalue weighted by atomic mass is 9.85. The summed E-state index contributed by atoms with van der Waals surface area (Å²) < 4.78 is 31.3. The van der Waals surface area contributed by atoms with Crippen molar-refractivity contribution >= 4 is 27.1 Å². The number of rotatable bonds is 4. The summed E-state index contributed by atoms with van der Waals surface area (Å²) in [5.74, 6) is 0.546. The molecule has 0 spiro atoms. The molecule has 2 atom stereocenters. The summed E-state index contributed by atoms with van der Waals surface area (Å²) in [6, 6.07) is -0.710. The number of amides is 1. The van der Waals surface area contributed by atoms with Crippen LogP contribution in [-0.4, -0.2) is 71.7 Å². The minimum Gasteiger partial charge on any atom is -0.465 e. The van der Waals surface area contributed by atoms with Gasteiger partial charge in [-0.3, -0.25) is 4.68 Å². The topological polar surface area (TPSA) is 136 Å². The zero-order valence-electron chi connectivity index (χ0n) is 19.6. The lowest BCUT2D eigenvalue weighted by Crippen LogP contribution is -2.49. The molecule has 1 fully saturated rings. The van der Waals surface area contributed by atoms with Gasteiger partial charge in [0.25, 0.3) is 0 Å². The van der Waals surface area contributed by atoms with E-state index in [-0.39, 0.29) is 23.5 Å². The highest BCUT2D eigenvalue weighted by Crippen LogP contribution is 2.39. The first-order chi connectivity index (χ1) is 15.4. The van der Waals surface area contributed by atoms with Gasteiger partial charge in [-0.05, 0) is 25.7 Å². The lowest BCUT2D eigenvalue weighted by molar-refractivity contribution is 0.107. The largest absolute Gasteiger partial charge is 0.465 e. The molecule has 2 unspecified atom stereocenters. The van der Waals surface area contributed by atoms with Crippen LogP contribution in [0.15, 0.2) is 17.6 Å². The number of imidazole rings is 1. The molecule has 1 amide bonds. The number of sulfone groups is 1. The van der Waals surface area contributed by atoms with Crippen molar-refractivity contribution < 1.29 is 18.3 Å². The molecule has 0 radical (unpaired) electrons. The molecule has 3 aromatic rings. The molecule has 178 valence electrons. The molecule has 1 N–H and O–H groups in total. The van der Waals surface area contributed by atoms with Gasteiger partial charge in [0.05, 0.1) is 23.1 Å². The average Bonchev–Trinajstić information content (AvgIpc) is 3.43. The van der Waals surface area contributed by atoms with Crippen LogP contribution >= 0.6 is 0 Å². The Hall–Kier alpha value is -3.02. The van der Waals surface area contributed by atoms with Gasteiger partial charge in [-0.2, -0.15) is 5.10 Å². The highest BCUT2D eigenvalue weighted by Gasteiger charge is 2.51. The molecule has 0 bridgehead atoms. The smallest absolute Gasteiger partial charge is 0.407 e. The number of carbonyl (C=O) groups is 1. The van der Waals surface area contributed by atoms with Crippen LogP contribution in [0, 0.1) is 12.3 Å². The second-order valence-electron chi connectivity index (χ2n) is 9.46. The molecular formula is C21H29N7O4S. The minimum absolute atomic E-state index is 0.151. The van der Waals surface area contributed by atoms with E-state index >= 15 is 0 Å². The second-order valence-corrected chi connectivity index (χ2v) is 11.5. The van der Waals surface area contributed by atoms with Gasteiger partial charge in [0.15, 0.2) is 10.7 Å². The number of hydrogen-bond acceptors (Lipinski definition) is 7. The molecule has 33 heavy (non-hydrogen) atoms. The van der Waals surface area contributed by atoms with E-state index in [0.717, 1.165) is 11.3 Å². The van der Waals surface area contributed by atoms with Gasteiger partial charge in [0.2, 0.25) is 9.84 Å². The molecule has 1 saturated heterocycles. The summed E-state index contributed by atoms with van der Waals surface area (Å²) >= 11 is 0. The van der Waals surface area contributed by atoms with Crippen molar-refractivity contribution in [3.05, 3.63) is 18.2 Å². The standard InChI is InChI=1S/C21H29N7O4S/c1-7-28-12(2)13(10-24-28)17-25-15-18(26(17)6)22-11-23-19(15)33(31,32)14-8-9-27(20(29)30)16(14)21(3,4)5/h10-11,14,16H,7-9H2,1-6H3,(H,29,30). The number of carboxylic acid groups (broad SMARTS) is 1. The molecule has 1 aliphatic heterocycles. The Kier molecular flexibility index (Phi) is 5.46. The van der Waals surface area contributed by atoms with Crippen molar-refractivity contribution in [1.29, 1.82) is 0 Å². The van der Waals surface area contributed by atoms with Gasteiger partial charge in [-0.25, -0.2) is 28.2 Å². The number of fused-ring (bicyclic) bond motifs is 1.